The minimum atomic E-state index is -4.94. The van der Waals surface area contributed by atoms with Crippen molar-refractivity contribution in [3.8, 4) is 63.8 Å². The summed E-state index contributed by atoms with van der Waals surface area (Å²) in [5.41, 5.74) is 2.85. The van der Waals surface area contributed by atoms with Crippen LogP contribution in [0.4, 0.5) is 23.3 Å². The summed E-state index contributed by atoms with van der Waals surface area (Å²) >= 11 is 0. The summed E-state index contributed by atoms with van der Waals surface area (Å²) in [6, 6.07) is 23.2. The van der Waals surface area contributed by atoms with Crippen molar-refractivity contribution in [1.29, 1.82) is 15.8 Å². The average Bonchev–Trinajstić information content (AvgIpc) is 4.15. The number of nitriles is 3. The molecule has 80 heavy (non-hydrogen) atoms. The number of anilines is 4. The molecule has 0 radical (unpaired) electrons. The predicted molar refractivity (Wildman–Crippen MR) is 265 cm³/mol. The van der Waals surface area contributed by atoms with Crippen LogP contribution in [0.25, 0.3) is 45.6 Å². The maximum Gasteiger partial charge on any atom is 2.00 e. The molecule has 0 aliphatic heterocycles. The van der Waals surface area contributed by atoms with Crippen LogP contribution in [-0.2, 0) is 36.2 Å². The third-order valence-electron chi connectivity index (χ3n) is 8.58. The summed E-state index contributed by atoms with van der Waals surface area (Å²) in [6.07, 6.45) is 0. The van der Waals surface area contributed by atoms with Gasteiger partial charge in [-0.05, 0) is 24.3 Å². The molecule has 0 aliphatic rings. The fraction of sp³-hybridized carbons (Fsp3) is 0.396. The Bertz CT molecular complexity index is 2640. The number of aromatic amines is 4. The van der Waals surface area contributed by atoms with E-state index in [2.05, 4.69) is 72.0 Å². The number of hydrogen-bond acceptors (Lipinski definition) is 21. The van der Waals surface area contributed by atoms with Crippen molar-refractivity contribution in [2.45, 2.75) is 104 Å². The monoisotopic (exact) mass is 1200 g/mol. The molecule has 0 saturated heterocycles. The van der Waals surface area contributed by atoms with Crippen LogP contribution in [0.1, 0.15) is 104 Å². The standard InChI is InChI=1S/2C21H27N7O2.3C2H3N.2ClHO4.Fe/c2*1-20(2,3)18(29)23-16-10-14(25-27-16)12-8-7-9-13(22-12)15-11-17(28-26-15)24-19(30)21(4,5)6;3*1-2-3;2*2-1(3,4)5;/h2*7-11H,1-6H3,(H2,23,25,27,29)(H2,24,26,28,30);3*1H3;2*(H,2,3,4,5);/q;;;;;;;+2/p-2. The quantitative estimate of drug-likeness (QED) is 0.0910. The minimum absolute atomic E-state index is 0. The van der Waals surface area contributed by atoms with Gasteiger partial charge in [0.2, 0.25) is 23.6 Å². The van der Waals surface area contributed by atoms with Gasteiger partial charge >= 0.3 is 17.1 Å². The molecule has 434 valence electrons. The fourth-order valence-electron chi connectivity index (χ4n) is 4.75. The van der Waals surface area contributed by atoms with Gasteiger partial charge in [-0.2, -0.15) is 36.2 Å². The first-order valence-corrected chi connectivity index (χ1v) is 25.2. The first-order valence-electron chi connectivity index (χ1n) is 22.7. The summed E-state index contributed by atoms with van der Waals surface area (Å²) in [4.78, 5) is 57.8. The fourth-order valence-corrected chi connectivity index (χ4v) is 4.75. The molecule has 8 N–H and O–H groups in total. The Hall–Kier alpha value is -7.73. The molecule has 6 aromatic rings. The summed E-state index contributed by atoms with van der Waals surface area (Å²) in [5.74, 6) is 1.57. The van der Waals surface area contributed by atoms with Crippen LogP contribution in [-0.4, -0.2) is 74.4 Å². The number of halogens is 2. The molecular weight excluding hydrogens is 1130 g/mol. The van der Waals surface area contributed by atoms with E-state index >= 15 is 0 Å². The third kappa shape index (κ3) is 31.0. The van der Waals surface area contributed by atoms with Crippen LogP contribution in [0.3, 0.4) is 0 Å². The number of nitrogens with one attached hydrogen (secondary N) is 8. The second kappa shape index (κ2) is 33.0. The van der Waals surface area contributed by atoms with Crippen LogP contribution in [0.15, 0.2) is 60.7 Å². The van der Waals surface area contributed by atoms with Gasteiger partial charge in [0.15, 0.2) is 0 Å². The molecule has 0 atom stereocenters. The van der Waals surface area contributed by atoms with E-state index in [1.807, 2.05) is 119 Å². The molecular formula is C48H63Cl2FeN17O12. The molecule has 6 aromatic heterocycles. The van der Waals surface area contributed by atoms with Gasteiger partial charge in [0, 0.05) is 66.7 Å². The van der Waals surface area contributed by atoms with Gasteiger partial charge in [-0.1, -0.05) is 95.2 Å². The second-order valence-electron chi connectivity index (χ2n) is 19.7. The van der Waals surface area contributed by atoms with Crippen molar-refractivity contribution < 1.29 is 94.0 Å². The van der Waals surface area contributed by atoms with E-state index in [1.165, 1.54) is 20.8 Å². The van der Waals surface area contributed by atoms with Gasteiger partial charge in [0.05, 0.1) is 41.0 Å². The van der Waals surface area contributed by atoms with Crippen LogP contribution < -0.4 is 58.5 Å². The number of pyridine rings is 2. The zero-order valence-electron chi connectivity index (χ0n) is 46.3. The topological polar surface area (TPSA) is 513 Å². The van der Waals surface area contributed by atoms with Crippen molar-refractivity contribution in [3.05, 3.63) is 60.7 Å². The van der Waals surface area contributed by atoms with E-state index in [1.54, 1.807) is 42.5 Å². The normalized spacial score (nSPS) is 10.8. The average molecular weight is 1200 g/mol. The molecule has 0 aliphatic carbocycles. The molecule has 32 heteroatoms. The Kier molecular flexibility index (Phi) is 30.7. The van der Waals surface area contributed by atoms with Crippen LogP contribution in [0.2, 0.25) is 0 Å². The minimum Gasteiger partial charge on any atom is -0.311 e. The van der Waals surface area contributed by atoms with E-state index in [-0.39, 0.29) is 40.7 Å². The molecule has 4 amide bonds. The number of rotatable bonds is 8. The van der Waals surface area contributed by atoms with Crippen LogP contribution >= 0.6 is 0 Å². The number of amides is 4. The molecule has 0 saturated carbocycles. The maximum atomic E-state index is 12.1. The van der Waals surface area contributed by atoms with E-state index in [0.717, 1.165) is 0 Å². The van der Waals surface area contributed by atoms with E-state index in [4.69, 9.17) is 53.1 Å². The largest absolute Gasteiger partial charge is 2.00 e. The predicted octanol–water partition coefficient (Wildman–Crippen LogP) is -0.263. The smallest absolute Gasteiger partial charge is 0.311 e. The number of carbonyl (C=O) groups excluding carboxylic acids is 4. The number of aromatic nitrogens is 10. The zero-order chi connectivity index (χ0) is 61.3. The Morgan fingerprint density at radius 3 is 0.688 bits per heavy atom. The second-order valence-corrected chi connectivity index (χ2v) is 21.2. The number of carbonyl (C=O) groups is 4. The first-order chi connectivity index (χ1) is 36.1. The number of H-pyrrole nitrogens is 4. The Balaban J connectivity index is 0. The maximum absolute atomic E-state index is 12.1. The molecule has 0 bridgehead atoms. The molecule has 6 heterocycles. The molecule has 29 nitrogen and oxygen atoms in total. The molecule has 0 aromatic carbocycles. The van der Waals surface area contributed by atoms with Crippen LogP contribution in [0, 0.1) is 76.1 Å². The van der Waals surface area contributed by atoms with Gasteiger partial charge in [-0.3, -0.25) is 39.6 Å². The van der Waals surface area contributed by atoms with Crippen molar-refractivity contribution in [1.82, 2.24) is 50.8 Å². The number of nitrogens with zero attached hydrogens (tertiary/aromatic N) is 9. The Morgan fingerprint density at radius 1 is 0.400 bits per heavy atom. The summed E-state index contributed by atoms with van der Waals surface area (Å²) < 4.78 is 67.9. The summed E-state index contributed by atoms with van der Waals surface area (Å²) in [7, 11) is -9.89. The van der Waals surface area contributed by atoms with Gasteiger partial charge in [0.1, 0.15) is 46.0 Å². The van der Waals surface area contributed by atoms with Gasteiger partial charge in [-0.25, -0.2) is 47.2 Å². The van der Waals surface area contributed by atoms with Gasteiger partial charge in [-0.15, -0.1) is 20.5 Å². The van der Waals surface area contributed by atoms with Crippen molar-refractivity contribution in [2.24, 2.45) is 21.7 Å². The summed E-state index contributed by atoms with van der Waals surface area (Å²) in [6.45, 7) is 26.4. The van der Waals surface area contributed by atoms with E-state index in [9.17, 15) is 19.2 Å². The van der Waals surface area contributed by atoms with Crippen molar-refractivity contribution in [2.75, 3.05) is 21.3 Å². The third-order valence-corrected chi connectivity index (χ3v) is 8.58. The van der Waals surface area contributed by atoms with Gasteiger partial charge < -0.3 is 21.3 Å². The van der Waals surface area contributed by atoms with Crippen LogP contribution in [0.5, 0.6) is 0 Å². The molecule has 0 fully saturated rings. The van der Waals surface area contributed by atoms with E-state index < -0.39 is 42.1 Å². The zero-order valence-corrected chi connectivity index (χ0v) is 48.9. The molecule has 0 spiro atoms. The van der Waals surface area contributed by atoms with E-state index in [0.29, 0.717) is 68.8 Å². The van der Waals surface area contributed by atoms with Crippen molar-refractivity contribution in [3.63, 3.8) is 0 Å². The van der Waals surface area contributed by atoms with Gasteiger partial charge in [0.25, 0.3) is 0 Å². The molecule has 0 unspecified atom stereocenters. The first kappa shape index (κ1) is 74.3. The number of hydrogen-bond donors (Lipinski definition) is 8. The molecule has 6 rings (SSSR count). The summed E-state index contributed by atoms with van der Waals surface area (Å²) in [5, 5.41) is 61.4. The Labute approximate surface area is 476 Å². The Morgan fingerprint density at radius 2 is 0.550 bits per heavy atom. The van der Waals surface area contributed by atoms with Crippen molar-refractivity contribution >= 4 is 46.9 Å². The SMILES string of the molecule is CC#N.CC#N.CC#N.CC(C)(C)C(=O)Nc1cc(-c2cccc(-c3cc(NC(=O)C(C)(C)C)[nH]n3)n2)n[nH]1.CC(C)(C)C(=O)Nc1cc(-c2cccc(-c3cc(NC(=O)C(C)(C)C)[nH]n3)n2)n[nH]1.[Fe+2].[O-][Cl+3]([O-])([O-])[O-].[O-][Cl+3]([O-])([O-])[O-].